The molecule has 1 aliphatic carbocycles. The van der Waals surface area contributed by atoms with E-state index >= 15 is 0 Å². The molecule has 6 nitrogen and oxygen atoms in total. The molecule has 210 valence electrons. The van der Waals surface area contributed by atoms with Gasteiger partial charge in [-0.3, -0.25) is 0 Å². The van der Waals surface area contributed by atoms with Gasteiger partial charge in [-0.05, 0) is 91.6 Å². The number of carbonyl (C=O) groups is 3. The zero-order valence-electron chi connectivity index (χ0n) is 24.0. The van der Waals surface area contributed by atoms with E-state index in [1.807, 2.05) is 19.1 Å². The molecule has 4 rings (SSSR count). The van der Waals surface area contributed by atoms with E-state index in [-0.39, 0.29) is 34.5 Å². The summed E-state index contributed by atoms with van der Waals surface area (Å²) in [4.78, 5) is 36.2. The summed E-state index contributed by atoms with van der Waals surface area (Å²) >= 11 is 0. The molecule has 0 saturated heterocycles. The van der Waals surface area contributed by atoms with E-state index in [4.69, 9.17) is 14.2 Å². The smallest absolute Gasteiger partial charge is 0.338 e. The van der Waals surface area contributed by atoms with Crippen LogP contribution < -0.4 is 9.47 Å². The van der Waals surface area contributed by atoms with Gasteiger partial charge in [-0.25, -0.2) is 14.4 Å². The molecule has 0 radical (unpaired) electrons. The molecule has 6 heteroatoms. The predicted molar refractivity (Wildman–Crippen MR) is 160 cm³/mol. The standard InChI is InChI=1S/C35H34O6/c1-20(2)33(36)39-19-24-13-26-8-9-27(15-28(26)14-24)32-11-10-25(12-23(32)7)29-16-30(40-34(37)21(3)4)18-31(17-29)41-35(38)22(5)6/h8-12,15-18,24H,1,3,5,13-14,19H2,2,4,6-7H3. The molecule has 0 bridgehead atoms. The Morgan fingerprint density at radius 1 is 0.683 bits per heavy atom. The Bertz CT molecular complexity index is 1550. The monoisotopic (exact) mass is 550 g/mol. The molecule has 0 heterocycles. The molecule has 3 aromatic carbocycles. The second-order valence-electron chi connectivity index (χ2n) is 10.7. The highest BCUT2D eigenvalue weighted by Gasteiger charge is 2.23. The number of carbonyl (C=O) groups excluding carboxylic acids is 3. The van der Waals surface area contributed by atoms with Gasteiger partial charge >= 0.3 is 17.9 Å². The molecule has 1 unspecified atom stereocenters. The molecule has 3 aromatic rings. The average Bonchev–Trinajstić information content (AvgIpc) is 3.33. The van der Waals surface area contributed by atoms with E-state index < -0.39 is 11.9 Å². The number of ether oxygens (including phenoxy) is 3. The van der Waals surface area contributed by atoms with Crippen molar-refractivity contribution in [1.82, 2.24) is 0 Å². The van der Waals surface area contributed by atoms with Gasteiger partial charge in [0, 0.05) is 28.7 Å². The third-order valence-electron chi connectivity index (χ3n) is 6.89. The lowest BCUT2D eigenvalue weighted by molar-refractivity contribution is -0.140. The van der Waals surface area contributed by atoms with Crippen molar-refractivity contribution in [2.75, 3.05) is 6.61 Å². The van der Waals surface area contributed by atoms with Crippen LogP contribution in [0, 0.1) is 12.8 Å². The number of rotatable bonds is 9. The van der Waals surface area contributed by atoms with Crippen LogP contribution in [0.5, 0.6) is 11.5 Å². The molecule has 41 heavy (non-hydrogen) atoms. The SMILES string of the molecule is C=C(C)C(=O)OCC1Cc2ccc(-c3ccc(-c4cc(OC(=O)C(=C)C)cc(OC(=O)C(=C)C)c4)cc3C)cc2C1. The zero-order chi connectivity index (χ0) is 29.8. The van der Waals surface area contributed by atoms with E-state index in [0.717, 1.165) is 40.7 Å². The summed E-state index contributed by atoms with van der Waals surface area (Å²) in [5.41, 5.74) is 8.29. The minimum Gasteiger partial charge on any atom is -0.462 e. The summed E-state index contributed by atoms with van der Waals surface area (Å²) < 4.78 is 16.3. The molecule has 0 fully saturated rings. The molecule has 0 spiro atoms. The van der Waals surface area contributed by atoms with E-state index in [1.165, 1.54) is 17.2 Å². The van der Waals surface area contributed by atoms with Crippen LogP contribution in [0.4, 0.5) is 0 Å². The summed E-state index contributed by atoms with van der Waals surface area (Å²) in [6, 6.07) is 17.5. The average molecular weight is 551 g/mol. The van der Waals surface area contributed by atoms with Crippen LogP contribution in [-0.2, 0) is 32.0 Å². The molecule has 0 saturated carbocycles. The van der Waals surface area contributed by atoms with Gasteiger partial charge in [-0.1, -0.05) is 56.1 Å². The Hall–Kier alpha value is -4.71. The minimum atomic E-state index is -0.571. The maximum atomic E-state index is 12.2. The molecular weight excluding hydrogens is 516 g/mol. The number of aryl methyl sites for hydroxylation is 1. The number of benzene rings is 3. The van der Waals surface area contributed by atoms with Crippen LogP contribution in [-0.4, -0.2) is 24.5 Å². The third kappa shape index (κ3) is 7.09. The molecule has 0 aromatic heterocycles. The fourth-order valence-electron chi connectivity index (χ4n) is 4.72. The minimum absolute atomic E-state index is 0.240. The number of hydrogen-bond donors (Lipinski definition) is 0. The summed E-state index contributed by atoms with van der Waals surface area (Å²) in [5, 5.41) is 0. The van der Waals surface area contributed by atoms with E-state index in [2.05, 4.69) is 44.0 Å². The lowest BCUT2D eigenvalue weighted by atomic mass is 9.94. The van der Waals surface area contributed by atoms with Crippen molar-refractivity contribution in [2.45, 2.75) is 40.5 Å². The van der Waals surface area contributed by atoms with Crippen LogP contribution in [0.15, 0.2) is 91.1 Å². The highest BCUT2D eigenvalue weighted by molar-refractivity contribution is 5.90. The van der Waals surface area contributed by atoms with Gasteiger partial charge in [-0.15, -0.1) is 0 Å². The quantitative estimate of drug-likeness (QED) is 0.160. The Balaban J connectivity index is 1.59. The van der Waals surface area contributed by atoms with Gasteiger partial charge in [0.05, 0.1) is 6.61 Å². The predicted octanol–water partition coefficient (Wildman–Crippen LogP) is 7.13. The van der Waals surface area contributed by atoms with Crippen molar-refractivity contribution in [2.24, 2.45) is 5.92 Å². The first-order chi connectivity index (χ1) is 19.4. The van der Waals surface area contributed by atoms with Gasteiger partial charge < -0.3 is 14.2 Å². The van der Waals surface area contributed by atoms with Crippen molar-refractivity contribution in [1.29, 1.82) is 0 Å². The van der Waals surface area contributed by atoms with Gasteiger partial charge in [0.2, 0.25) is 0 Å². The first kappa shape index (κ1) is 29.3. The second kappa shape index (κ2) is 12.2. The second-order valence-corrected chi connectivity index (χ2v) is 10.7. The summed E-state index contributed by atoms with van der Waals surface area (Å²) in [6.45, 7) is 18.1. The summed E-state index contributed by atoms with van der Waals surface area (Å²) in [7, 11) is 0. The van der Waals surface area contributed by atoms with E-state index in [0.29, 0.717) is 12.2 Å². The maximum absolute atomic E-state index is 12.2. The topological polar surface area (TPSA) is 78.9 Å². The van der Waals surface area contributed by atoms with Crippen LogP contribution in [0.25, 0.3) is 22.3 Å². The Labute approximate surface area is 241 Å². The normalized spacial score (nSPS) is 13.6. The highest BCUT2D eigenvalue weighted by atomic mass is 16.5. The molecule has 0 N–H and O–H groups in total. The first-order valence-corrected chi connectivity index (χ1v) is 13.4. The third-order valence-corrected chi connectivity index (χ3v) is 6.89. The molecule has 0 amide bonds. The fourth-order valence-corrected chi connectivity index (χ4v) is 4.72. The van der Waals surface area contributed by atoms with Crippen LogP contribution in [0.1, 0.15) is 37.5 Å². The van der Waals surface area contributed by atoms with Crippen molar-refractivity contribution >= 4 is 17.9 Å². The van der Waals surface area contributed by atoms with Gasteiger partial charge in [0.1, 0.15) is 11.5 Å². The zero-order valence-corrected chi connectivity index (χ0v) is 24.0. The Kier molecular flexibility index (Phi) is 8.72. The lowest BCUT2D eigenvalue weighted by Crippen LogP contribution is -2.14. The summed E-state index contributed by atoms with van der Waals surface area (Å²) in [5.74, 6) is -0.755. The largest absolute Gasteiger partial charge is 0.462 e. The van der Waals surface area contributed by atoms with Crippen LogP contribution in [0.2, 0.25) is 0 Å². The Morgan fingerprint density at radius 3 is 1.80 bits per heavy atom. The highest BCUT2D eigenvalue weighted by Crippen LogP contribution is 2.36. The van der Waals surface area contributed by atoms with E-state index in [9.17, 15) is 14.4 Å². The van der Waals surface area contributed by atoms with Gasteiger partial charge in [-0.2, -0.15) is 0 Å². The van der Waals surface area contributed by atoms with Gasteiger partial charge in [0.15, 0.2) is 0 Å². The maximum Gasteiger partial charge on any atom is 0.338 e. The molecule has 1 atom stereocenters. The first-order valence-electron chi connectivity index (χ1n) is 13.4. The van der Waals surface area contributed by atoms with Crippen molar-refractivity contribution in [3.05, 3.63) is 108 Å². The number of hydrogen-bond acceptors (Lipinski definition) is 6. The molecular formula is C35H34O6. The number of esters is 3. The molecule has 0 aliphatic heterocycles. The molecule has 1 aliphatic rings. The fraction of sp³-hybridized carbons (Fsp3) is 0.229. The number of fused-ring (bicyclic) bond motifs is 1. The summed E-state index contributed by atoms with van der Waals surface area (Å²) in [6.07, 6.45) is 1.73. The lowest BCUT2D eigenvalue weighted by Gasteiger charge is -2.13. The van der Waals surface area contributed by atoms with Crippen molar-refractivity contribution < 1.29 is 28.6 Å². The van der Waals surface area contributed by atoms with E-state index in [1.54, 1.807) is 32.9 Å². The Morgan fingerprint density at radius 2 is 1.24 bits per heavy atom. The van der Waals surface area contributed by atoms with Gasteiger partial charge in [0.25, 0.3) is 0 Å². The van der Waals surface area contributed by atoms with Crippen molar-refractivity contribution in [3.63, 3.8) is 0 Å². The van der Waals surface area contributed by atoms with Crippen LogP contribution in [0.3, 0.4) is 0 Å². The van der Waals surface area contributed by atoms with Crippen LogP contribution >= 0.6 is 0 Å². The van der Waals surface area contributed by atoms with Crippen molar-refractivity contribution in [3.8, 4) is 33.8 Å².